The Labute approximate surface area is 103 Å². The molecule has 0 aromatic rings. The molecule has 3 nitrogen and oxygen atoms in total. The van der Waals surface area contributed by atoms with Crippen LogP contribution in [0.25, 0.3) is 0 Å². The SMILES string of the molecule is CC(C)(C)OC(=O)CSC(CN)C(C)(C)C. The minimum atomic E-state index is -0.405. The van der Waals surface area contributed by atoms with Crippen LogP contribution >= 0.6 is 11.8 Å². The van der Waals surface area contributed by atoms with Crippen LogP contribution in [0.5, 0.6) is 0 Å². The molecule has 0 saturated heterocycles. The molecule has 0 aliphatic rings. The molecule has 2 N–H and O–H groups in total. The lowest BCUT2D eigenvalue weighted by atomic mass is 9.92. The van der Waals surface area contributed by atoms with Crippen LogP contribution in [-0.2, 0) is 9.53 Å². The minimum absolute atomic E-state index is 0.113. The van der Waals surface area contributed by atoms with Crippen molar-refractivity contribution in [3.05, 3.63) is 0 Å². The minimum Gasteiger partial charge on any atom is -0.459 e. The van der Waals surface area contributed by atoms with Gasteiger partial charge in [0.2, 0.25) is 0 Å². The van der Waals surface area contributed by atoms with Crippen LogP contribution < -0.4 is 5.73 Å². The van der Waals surface area contributed by atoms with E-state index in [0.29, 0.717) is 12.3 Å². The van der Waals surface area contributed by atoms with Gasteiger partial charge in [-0.2, -0.15) is 0 Å². The van der Waals surface area contributed by atoms with Gasteiger partial charge in [0.25, 0.3) is 0 Å². The van der Waals surface area contributed by atoms with Crippen molar-refractivity contribution in [3.8, 4) is 0 Å². The molecule has 0 aliphatic heterocycles. The quantitative estimate of drug-likeness (QED) is 0.775. The third-order valence-electron chi connectivity index (χ3n) is 2.00. The molecule has 0 amide bonds. The maximum atomic E-state index is 11.5. The van der Waals surface area contributed by atoms with Gasteiger partial charge in [0.15, 0.2) is 0 Å². The molecule has 0 heterocycles. The number of rotatable bonds is 4. The number of esters is 1. The molecule has 0 bridgehead atoms. The van der Waals surface area contributed by atoms with Crippen LogP contribution in [0.4, 0.5) is 0 Å². The van der Waals surface area contributed by atoms with Crippen LogP contribution in [-0.4, -0.2) is 29.1 Å². The van der Waals surface area contributed by atoms with Crippen molar-refractivity contribution in [1.29, 1.82) is 0 Å². The van der Waals surface area contributed by atoms with Crippen LogP contribution in [0.15, 0.2) is 0 Å². The van der Waals surface area contributed by atoms with Gasteiger partial charge in [0.1, 0.15) is 5.60 Å². The molecular formula is C12H25NO2S. The zero-order valence-corrected chi connectivity index (χ0v) is 12.1. The third kappa shape index (κ3) is 7.12. The molecule has 0 aliphatic carbocycles. The van der Waals surface area contributed by atoms with E-state index in [1.54, 1.807) is 11.8 Å². The Morgan fingerprint density at radius 3 is 2.06 bits per heavy atom. The summed E-state index contributed by atoms with van der Waals surface area (Å²) in [5.41, 5.74) is 5.41. The molecular weight excluding hydrogens is 222 g/mol. The summed E-state index contributed by atoms with van der Waals surface area (Å²) in [6.45, 7) is 12.6. The van der Waals surface area contributed by atoms with E-state index in [2.05, 4.69) is 20.8 Å². The fourth-order valence-electron chi connectivity index (χ4n) is 1.21. The number of nitrogens with two attached hydrogens (primary N) is 1. The topological polar surface area (TPSA) is 52.3 Å². The highest BCUT2D eigenvalue weighted by molar-refractivity contribution is 8.00. The first-order valence-electron chi connectivity index (χ1n) is 5.60. The van der Waals surface area contributed by atoms with E-state index in [0.717, 1.165) is 0 Å². The van der Waals surface area contributed by atoms with E-state index >= 15 is 0 Å². The van der Waals surface area contributed by atoms with Crippen molar-refractivity contribution < 1.29 is 9.53 Å². The van der Waals surface area contributed by atoms with E-state index in [1.165, 1.54) is 0 Å². The van der Waals surface area contributed by atoms with E-state index < -0.39 is 5.60 Å². The van der Waals surface area contributed by atoms with Gasteiger partial charge >= 0.3 is 5.97 Å². The van der Waals surface area contributed by atoms with Crippen LogP contribution in [0.1, 0.15) is 41.5 Å². The number of carbonyl (C=O) groups excluding carboxylic acids is 1. The van der Waals surface area contributed by atoms with Gasteiger partial charge < -0.3 is 10.5 Å². The second kappa shape index (κ2) is 5.92. The van der Waals surface area contributed by atoms with Gasteiger partial charge in [0, 0.05) is 11.8 Å². The summed E-state index contributed by atoms with van der Waals surface area (Å²) in [6, 6.07) is 0. The molecule has 0 aromatic carbocycles. The predicted octanol–water partition coefficient (Wildman–Crippen LogP) is 2.43. The lowest BCUT2D eigenvalue weighted by Gasteiger charge is -2.29. The van der Waals surface area contributed by atoms with Crippen molar-refractivity contribution in [2.24, 2.45) is 11.1 Å². The molecule has 16 heavy (non-hydrogen) atoms. The van der Waals surface area contributed by atoms with Crippen molar-refractivity contribution in [1.82, 2.24) is 0 Å². The van der Waals surface area contributed by atoms with Crippen LogP contribution in [0, 0.1) is 5.41 Å². The number of thioether (sulfide) groups is 1. The molecule has 0 saturated carbocycles. The molecule has 1 atom stereocenters. The predicted molar refractivity (Wildman–Crippen MR) is 70.6 cm³/mol. The summed E-state index contributed by atoms with van der Waals surface area (Å²) in [5.74, 6) is 0.205. The molecule has 0 rings (SSSR count). The van der Waals surface area contributed by atoms with Crippen molar-refractivity contribution >= 4 is 17.7 Å². The first-order chi connectivity index (χ1) is 7.06. The lowest BCUT2D eigenvalue weighted by Crippen LogP contribution is -2.33. The van der Waals surface area contributed by atoms with Crippen molar-refractivity contribution in [2.45, 2.75) is 52.4 Å². The summed E-state index contributed by atoms with van der Waals surface area (Å²) in [4.78, 5) is 11.5. The molecule has 0 aromatic heterocycles. The maximum absolute atomic E-state index is 11.5. The van der Waals surface area contributed by atoms with Crippen molar-refractivity contribution in [2.75, 3.05) is 12.3 Å². The Morgan fingerprint density at radius 2 is 1.75 bits per heavy atom. The van der Waals surface area contributed by atoms with Gasteiger partial charge in [-0.25, -0.2) is 0 Å². The summed E-state index contributed by atoms with van der Waals surface area (Å²) in [6.07, 6.45) is 0. The summed E-state index contributed by atoms with van der Waals surface area (Å²) >= 11 is 1.58. The number of hydrogen-bond donors (Lipinski definition) is 1. The zero-order chi connectivity index (χ0) is 13.0. The number of ether oxygens (including phenoxy) is 1. The first kappa shape index (κ1) is 15.8. The normalized spacial score (nSPS) is 14.7. The van der Waals surface area contributed by atoms with Crippen LogP contribution in [0.2, 0.25) is 0 Å². The highest BCUT2D eigenvalue weighted by atomic mass is 32.2. The van der Waals surface area contributed by atoms with Gasteiger partial charge in [0.05, 0.1) is 5.75 Å². The first-order valence-corrected chi connectivity index (χ1v) is 6.64. The maximum Gasteiger partial charge on any atom is 0.316 e. The van der Waals surface area contributed by atoms with E-state index in [9.17, 15) is 4.79 Å². The van der Waals surface area contributed by atoms with E-state index in [1.807, 2.05) is 20.8 Å². The zero-order valence-electron chi connectivity index (χ0n) is 11.3. The third-order valence-corrected chi connectivity index (χ3v) is 3.71. The second-order valence-electron chi connectivity index (χ2n) is 5.99. The molecule has 96 valence electrons. The fourth-order valence-corrected chi connectivity index (χ4v) is 2.24. The molecule has 0 spiro atoms. The highest BCUT2D eigenvalue weighted by Crippen LogP contribution is 2.29. The summed E-state index contributed by atoms with van der Waals surface area (Å²) < 4.78 is 5.24. The standard InChI is InChI=1S/C12H25NO2S/c1-11(2,3)9(7-13)16-8-10(14)15-12(4,5)6/h9H,7-8,13H2,1-6H3. The van der Waals surface area contributed by atoms with Gasteiger partial charge in [-0.05, 0) is 26.2 Å². The molecule has 4 heteroatoms. The summed E-state index contributed by atoms with van der Waals surface area (Å²) in [7, 11) is 0. The Hall–Kier alpha value is -0.220. The molecule has 1 unspecified atom stereocenters. The van der Waals surface area contributed by atoms with Crippen LogP contribution in [0.3, 0.4) is 0 Å². The second-order valence-corrected chi connectivity index (χ2v) is 7.18. The smallest absolute Gasteiger partial charge is 0.316 e. The van der Waals surface area contributed by atoms with E-state index in [4.69, 9.17) is 10.5 Å². The van der Waals surface area contributed by atoms with Gasteiger partial charge in [-0.3, -0.25) is 4.79 Å². The molecule has 0 radical (unpaired) electrons. The Balaban J connectivity index is 4.09. The summed E-state index contributed by atoms with van der Waals surface area (Å²) in [5, 5.41) is 0.278. The average molecular weight is 247 g/mol. The fraction of sp³-hybridized carbons (Fsp3) is 0.917. The Kier molecular flexibility index (Phi) is 5.84. The Morgan fingerprint density at radius 1 is 1.25 bits per heavy atom. The lowest BCUT2D eigenvalue weighted by molar-refractivity contribution is -0.151. The monoisotopic (exact) mass is 247 g/mol. The van der Waals surface area contributed by atoms with Gasteiger partial charge in [-0.1, -0.05) is 20.8 Å². The largest absolute Gasteiger partial charge is 0.459 e. The average Bonchev–Trinajstić information content (AvgIpc) is 1.98. The number of hydrogen-bond acceptors (Lipinski definition) is 4. The van der Waals surface area contributed by atoms with Crippen molar-refractivity contribution in [3.63, 3.8) is 0 Å². The molecule has 0 fully saturated rings. The Bertz CT molecular complexity index is 228. The number of carbonyl (C=O) groups is 1. The van der Waals surface area contributed by atoms with E-state index in [-0.39, 0.29) is 16.6 Å². The highest BCUT2D eigenvalue weighted by Gasteiger charge is 2.25. The van der Waals surface area contributed by atoms with Gasteiger partial charge in [-0.15, -0.1) is 11.8 Å².